The monoisotopic (exact) mass is 249 g/mol. The molecule has 0 aliphatic carbocycles. The summed E-state index contributed by atoms with van der Waals surface area (Å²) in [4.78, 5) is 0. The molecule has 0 fully saturated rings. The quantitative estimate of drug-likeness (QED) is 0.801. The molecule has 6 heteroatoms. The van der Waals surface area contributed by atoms with E-state index in [4.69, 9.17) is 16.2 Å². The van der Waals surface area contributed by atoms with Crippen LogP contribution < -0.4 is 5.32 Å². The number of anilines is 1. The van der Waals surface area contributed by atoms with Crippen molar-refractivity contribution in [3.63, 3.8) is 0 Å². The van der Waals surface area contributed by atoms with E-state index in [1.807, 2.05) is 13.0 Å². The molecule has 1 aromatic rings. The Morgan fingerprint density at radius 3 is 2.73 bits per heavy atom. The van der Waals surface area contributed by atoms with Crippen LogP contribution in [0.2, 0.25) is 5.02 Å². The van der Waals surface area contributed by atoms with Crippen LogP contribution in [0, 0.1) is 6.92 Å². The van der Waals surface area contributed by atoms with E-state index in [9.17, 15) is 8.42 Å². The first kappa shape index (κ1) is 12.3. The van der Waals surface area contributed by atoms with Gasteiger partial charge in [-0.1, -0.05) is 17.7 Å². The van der Waals surface area contributed by atoms with Crippen molar-refractivity contribution >= 4 is 27.4 Å². The Balaban J connectivity index is 2.61. The van der Waals surface area contributed by atoms with Crippen molar-refractivity contribution in [2.24, 2.45) is 0 Å². The molecule has 0 atom stereocenters. The van der Waals surface area contributed by atoms with Gasteiger partial charge < -0.3 is 5.32 Å². The fourth-order valence-electron chi connectivity index (χ4n) is 1.10. The van der Waals surface area contributed by atoms with Gasteiger partial charge in [-0.05, 0) is 24.6 Å². The van der Waals surface area contributed by atoms with Gasteiger partial charge in [-0.3, -0.25) is 4.55 Å². The Kier molecular flexibility index (Phi) is 3.96. The van der Waals surface area contributed by atoms with Gasteiger partial charge in [0.2, 0.25) is 0 Å². The lowest BCUT2D eigenvalue weighted by atomic mass is 10.2. The highest BCUT2D eigenvalue weighted by molar-refractivity contribution is 7.85. The molecule has 0 aliphatic heterocycles. The Morgan fingerprint density at radius 1 is 1.47 bits per heavy atom. The molecule has 4 nitrogen and oxygen atoms in total. The summed E-state index contributed by atoms with van der Waals surface area (Å²) < 4.78 is 29.5. The SMILES string of the molecule is Cc1ccc(Cl)cc1NCCS(=O)(=O)O. The molecule has 84 valence electrons. The standard InChI is InChI=1S/C9H12ClNO3S/c1-7-2-3-8(10)6-9(7)11-4-5-15(12,13)14/h2-3,6,11H,4-5H2,1H3,(H,12,13,14). The van der Waals surface area contributed by atoms with Crippen molar-refractivity contribution in [3.8, 4) is 0 Å². The molecule has 0 heterocycles. The summed E-state index contributed by atoms with van der Waals surface area (Å²) in [6.07, 6.45) is 0. The van der Waals surface area contributed by atoms with Crippen LogP contribution in [0.15, 0.2) is 18.2 Å². The molecule has 0 saturated carbocycles. The average Bonchev–Trinajstić information content (AvgIpc) is 2.09. The molecule has 15 heavy (non-hydrogen) atoms. The minimum atomic E-state index is -3.91. The highest BCUT2D eigenvalue weighted by Crippen LogP contribution is 2.19. The summed E-state index contributed by atoms with van der Waals surface area (Å²) in [5, 5.41) is 3.47. The van der Waals surface area contributed by atoms with Crippen LogP contribution in [0.5, 0.6) is 0 Å². The van der Waals surface area contributed by atoms with Gasteiger partial charge in [0.1, 0.15) is 0 Å². The fourth-order valence-corrected chi connectivity index (χ4v) is 1.63. The molecule has 0 spiro atoms. The summed E-state index contributed by atoms with van der Waals surface area (Å²) >= 11 is 5.78. The highest BCUT2D eigenvalue weighted by atomic mass is 35.5. The Labute approximate surface area is 94.0 Å². The number of aryl methyl sites for hydroxylation is 1. The maximum absolute atomic E-state index is 10.5. The van der Waals surface area contributed by atoms with E-state index >= 15 is 0 Å². The average molecular weight is 250 g/mol. The number of benzene rings is 1. The van der Waals surface area contributed by atoms with Crippen molar-refractivity contribution in [2.75, 3.05) is 17.6 Å². The summed E-state index contributed by atoms with van der Waals surface area (Å²) in [5.41, 5.74) is 1.74. The van der Waals surface area contributed by atoms with Crippen molar-refractivity contribution in [1.29, 1.82) is 0 Å². The predicted molar refractivity (Wildman–Crippen MR) is 61.1 cm³/mol. The van der Waals surface area contributed by atoms with Crippen LogP contribution in [0.25, 0.3) is 0 Å². The number of nitrogens with one attached hydrogen (secondary N) is 1. The van der Waals surface area contributed by atoms with Gasteiger partial charge in [0.05, 0.1) is 5.75 Å². The largest absolute Gasteiger partial charge is 0.384 e. The van der Waals surface area contributed by atoms with Crippen molar-refractivity contribution in [2.45, 2.75) is 6.92 Å². The van der Waals surface area contributed by atoms with Gasteiger partial charge in [-0.2, -0.15) is 8.42 Å². The van der Waals surface area contributed by atoms with E-state index in [1.165, 1.54) is 0 Å². The zero-order valence-electron chi connectivity index (χ0n) is 8.20. The van der Waals surface area contributed by atoms with E-state index in [0.717, 1.165) is 11.3 Å². The van der Waals surface area contributed by atoms with Crippen LogP contribution in [0.4, 0.5) is 5.69 Å². The molecule has 0 bridgehead atoms. The molecule has 2 N–H and O–H groups in total. The van der Waals surface area contributed by atoms with Gasteiger partial charge in [0.15, 0.2) is 0 Å². The van der Waals surface area contributed by atoms with E-state index in [-0.39, 0.29) is 12.3 Å². The molecule has 0 aliphatic rings. The predicted octanol–water partition coefficient (Wildman–Crippen LogP) is 1.95. The Morgan fingerprint density at radius 2 is 2.13 bits per heavy atom. The van der Waals surface area contributed by atoms with E-state index in [2.05, 4.69) is 5.32 Å². The summed E-state index contributed by atoms with van der Waals surface area (Å²) in [6.45, 7) is 2.03. The second-order valence-corrected chi connectivity index (χ2v) is 5.18. The van der Waals surface area contributed by atoms with Crippen LogP contribution in [-0.4, -0.2) is 25.3 Å². The summed E-state index contributed by atoms with van der Waals surface area (Å²) in [6, 6.07) is 5.30. The smallest absolute Gasteiger partial charge is 0.266 e. The number of hydrogen-bond donors (Lipinski definition) is 2. The first-order valence-electron chi connectivity index (χ1n) is 4.34. The molecule has 0 unspecified atom stereocenters. The zero-order valence-corrected chi connectivity index (χ0v) is 9.77. The van der Waals surface area contributed by atoms with Gasteiger partial charge >= 0.3 is 0 Å². The summed E-state index contributed by atoms with van der Waals surface area (Å²) in [5.74, 6) is -0.320. The Hall–Kier alpha value is -0.780. The van der Waals surface area contributed by atoms with Crippen LogP contribution in [0.3, 0.4) is 0 Å². The zero-order chi connectivity index (χ0) is 11.5. The minimum Gasteiger partial charge on any atom is -0.384 e. The van der Waals surface area contributed by atoms with E-state index < -0.39 is 10.1 Å². The van der Waals surface area contributed by atoms with Crippen LogP contribution >= 0.6 is 11.6 Å². The van der Waals surface area contributed by atoms with Crippen LogP contribution in [-0.2, 0) is 10.1 Å². The van der Waals surface area contributed by atoms with Gasteiger partial charge in [0, 0.05) is 17.3 Å². The number of rotatable bonds is 4. The third-order valence-corrected chi connectivity index (χ3v) is 2.83. The molecule has 0 radical (unpaired) electrons. The van der Waals surface area contributed by atoms with Crippen LogP contribution in [0.1, 0.15) is 5.56 Å². The number of halogens is 1. The first-order chi connectivity index (χ1) is 6.88. The summed E-state index contributed by atoms with van der Waals surface area (Å²) in [7, 11) is -3.91. The molecular formula is C9H12ClNO3S. The maximum Gasteiger partial charge on any atom is 0.266 e. The topological polar surface area (TPSA) is 66.4 Å². The molecule has 1 aromatic carbocycles. The second kappa shape index (κ2) is 4.83. The van der Waals surface area contributed by atoms with Gasteiger partial charge in [-0.25, -0.2) is 0 Å². The molecule has 0 amide bonds. The third-order valence-electron chi connectivity index (χ3n) is 1.88. The van der Waals surface area contributed by atoms with Crippen molar-refractivity contribution in [3.05, 3.63) is 28.8 Å². The molecular weight excluding hydrogens is 238 g/mol. The number of hydrogen-bond acceptors (Lipinski definition) is 3. The maximum atomic E-state index is 10.5. The van der Waals surface area contributed by atoms with Crippen molar-refractivity contribution < 1.29 is 13.0 Å². The highest BCUT2D eigenvalue weighted by Gasteiger charge is 2.04. The lowest BCUT2D eigenvalue weighted by Crippen LogP contribution is -2.15. The lowest BCUT2D eigenvalue weighted by Gasteiger charge is -2.08. The normalized spacial score (nSPS) is 11.4. The van der Waals surface area contributed by atoms with Gasteiger partial charge in [0.25, 0.3) is 10.1 Å². The lowest BCUT2D eigenvalue weighted by molar-refractivity contribution is 0.484. The Bertz CT molecular complexity index is 445. The molecule has 1 rings (SSSR count). The van der Waals surface area contributed by atoms with E-state index in [1.54, 1.807) is 12.1 Å². The van der Waals surface area contributed by atoms with Gasteiger partial charge in [-0.15, -0.1) is 0 Å². The molecule has 0 saturated heterocycles. The molecule has 0 aromatic heterocycles. The second-order valence-electron chi connectivity index (χ2n) is 3.17. The third kappa shape index (κ3) is 4.51. The van der Waals surface area contributed by atoms with Crippen molar-refractivity contribution in [1.82, 2.24) is 0 Å². The first-order valence-corrected chi connectivity index (χ1v) is 6.32. The van der Waals surface area contributed by atoms with E-state index in [0.29, 0.717) is 5.02 Å². The minimum absolute atomic E-state index is 0.153. The fraction of sp³-hybridized carbons (Fsp3) is 0.333.